The first-order valence-corrected chi connectivity index (χ1v) is 7.64. The maximum atomic E-state index is 12.7. The predicted molar refractivity (Wildman–Crippen MR) is 73.4 cm³/mol. The van der Waals surface area contributed by atoms with Crippen LogP contribution in [-0.4, -0.2) is 60.2 Å². The number of halogens is 3. The topological polar surface area (TPSA) is 61.8 Å². The molecule has 2 atom stereocenters. The van der Waals surface area contributed by atoms with E-state index in [2.05, 4.69) is 5.32 Å². The van der Waals surface area contributed by atoms with E-state index in [1.807, 2.05) is 0 Å². The zero-order valence-corrected chi connectivity index (χ0v) is 12.7. The van der Waals surface area contributed by atoms with Crippen molar-refractivity contribution in [1.82, 2.24) is 10.2 Å². The van der Waals surface area contributed by atoms with Gasteiger partial charge in [-0.2, -0.15) is 13.2 Å². The fourth-order valence-electron chi connectivity index (χ4n) is 3.16. The molecule has 0 aromatic carbocycles. The number of aliphatic hydroxyl groups is 1. The van der Waals surface area contributed by atoms with Gasteiger partial charge >= 0.3 is 12.2 Å². The van der Waals surface area contributed by atoms with Gasteiger partial charge in [0.05, 0.1) is 12.1 Å². The van der Waals surface area contributed by atoms with Gasteiger partial charge in [-0.1, -0.05) is 12.8 Å². The molecule has 1 heterocycles. The molecular formula is C14H23F3N2O3. The van der Waals surface area contributed by atoms with E-state index in [1.165, 1.54) is 4.90 Å². The minimum Gasteiger partial charge on any atom is -0.380 e. The number of ether oxygens (including phenoxy) is 1. The number of amides is 2. The third kappa shape index (κ3) is 3.65. The molecule has 1 aliphatic carbocycles. The quantitative estimate of drug-likeness (QED) is 0.817. The Kier molecular flexibility index (Phi) is 5.21. The fraction of sp³-hybridized carbons (Fsp3) is 0.929. The maximum Gasteiger partial charge on any atom is 0.417 e. The summed E-state index contributed by atoms with van der Waals surface area (Å²) in [7, 11) is 1.60. The van der Waals surface area contributed by atoms with Crippen LogP contribution in [0, 0.1) is 0 Å². The second-order valence-electron chi connectivity index (χ2n) is 6.13. The molecule has 0 radical (unpaired) electrons. The number of nitrogens with one attached hydrogen (secondary N) is 1. The highest BCUT2D eigenvalue weighted by Crippen LogP contribution is 2.38. The number of carbonyl (C=O) groups excluding carboxylic acids is 1. The molecule has 2 amide bonds. The van der Waals surface area contributed by atoms with Crippen molar-refractivity contribution in [2.24, 2.45) is 0 Å². The molecule has 2 fully saturated rings. The molecular weight excluding hydrogens is 301 g/mol. The number of carbonyl (C=O) groups is 1. The molecule has 0 unspecified atom stereocenters. The fourth-order valence-corrected chi connectivity index (χ4v) is 3.16. The summed E-state index contributed by atoms with van der Waals surface area (Å²) in [6, 6.07) is -0.479. The first-order valence-electron chi connectivity index (χ1n) is 7.64. The van der Waals surface area contributed by atoms with Crippen molar-refractivity contribution in [2.75, 3.05) is 20.2 Å². The van der Waals surface area contributed by atoms with Crippen molar-refractivity contribution in [2.45, 2.75) is 62.4 Å². The summed E-state index contributed by atoms with van der Waals surface area (Å²) in [6.07, 6.45) is -1.94. The van der Waals surface area contributed by atoms with Crippen LogP contribution in [0.4, 0.5) is 18.0 Å². The summed E-state index contributed by atoms with van der Waals surface area (Å²) in [5, 5.41) is 12.5. The molecule has 1 saturated carbocycles. The summed E-state index contributed by atoms with van der Waals surface area (Å²) in [6.45, 7) is -0.210. The van der Waals surface area contributed by atoms with Crippen molar-refractivity contribution >= 4 is 6.03 Å². The Morgan fingerprint density at radius 2 is 1.86 bits per heavy atom. The van der Waals surface area contributed by atoms with Gasteiger partial charge in [-0.05, 0) is 12.8 Å². The number of hydrogen-bond donors (Lipinski definition) is 2. The van der Waals surface area contributed by atoms with E-state index in [0.29, 0.717) is 0 Å². The third-order valence-corrected chi connectivity index (χ3v) is 4.72. The lowest BCUT2D eigenvalue weighted by Crippen LogP contribution is -2.57. The van der Waals surface area contributed by atoms with Gasteiger partial charge in [0.15, 0.2) is 5.60 Å². The number of piperidine rings is 1. The van der Waals surface area contributed by atoms with Gasteiger partial charge in [0, 0.05) is 33.0 Å². The van der Waals surface area contributed by atoms with Crippen molar-refractivity contribution in [1.29, 1.82) is 0 Å². The molecule has 2 rings (SSSR count). The first kappa shape index (κ1) is 17.3. The van der Waals surface area contributed by atoms with Crippen LogP contribution in [0.5, 0.6) is 0 Å². The van der Waals surface area contributed by atoms with E-state index in [4.69, 9.17) is 4.74 Å². The molecule has 2 aliphatic rings. The molecule has 128 valence electrons. The highest BCUT2D eigenvalue weighted by Gasteiger charge is 2.55. The van der Waals surface area contributed by atoms with Crippen LogP contribution >= 0.6 is 0 Å². The van der Waals surface area contributed by atoms with E-state index < -0.39 is 24.6 Å². The summed E-state index contributed by atoms with van der Waals surface area (Å²) in [5.74, 6) is 0. The number of rotatable bonds is 2. The molecule has 0 bridgehead atoms. The Morgan fingerprint density at radius 1 is 1.27 bits per heavy atom. The van der Waals surface area contributed by atoms with Gasteiger partial charge in [-0.25, -0.2) is 4.79 Å². The number of likely N-dealkylation sites (tertiary alicyclic amines) is 1. The summed E-state index contributed by atoms with van der Waals surface area (Å²) < 4.78 is 43.6. The normalized spacial score (nSPS) is 29.2. The highest BCUT2D eigenvalue weighted by atomic mass is 19.4. The van der Waals surface area contributed by atoms with Crippen LogP contribution in [0.3, 0.4) is 0 Å². The van der Waals surface area contributed by atoms with Crippen molar-refractivity contribution in [3.63, 3.8) is 0 Å². The molecule has 1 saturated heterocycles. The van der Waals surface area contributed by atoms with Gasteiger partial charge in [-0.15, -0.1) is 0 Å². The minimum absolute atomic E-state index is 0.0467. The molecule has 0 aromatic heterocycles. The molecule has 0 aromatic rings. The Bertz CT molecular complexity index is 395. The molecule has 0 spiro atoms. The van der Waals surface area contributed by atoms with E-state index in [9.17, 15) is 23.1 Å². The van der Waals surface area contributed by atoms with E-state index in [-0.39, 0.29) is 31.3 Å². The van der Waals surface area contributed by atoms with Crippen molar-refractivity contribution < 1.29 is 27.8 Å². The Morgan fingerprint density at radius 3 is 2.41 bits per heavy atom. The van der Waals surface area contributed by atoms with Crippen LogP contribution in [0.1, 0.15) is 38.5 Å². The monoisotopic (exact) mass is 324 g/mol. The first-order chi connectivity index (χ1) is 10.3. The minimum atomic E-state index is -4.65. The molecule has 2 N–H and O–H groups in total. The highest BCUT2D eigenvalue weighted by molar-refractivity contribution is 5.74. The van der Waals surface area contributed by atoms with Gasteiger partial charge in [0.1, 0.15) is 0 Å². The second-order valence-corrected chi connectivity index (χ2v) is 6.13. The number of urea groups is 1. The Balaban J connectivity index is 1.87. The van der Waals surface area contributed by atoms with Gasteiger partial charge in [0.2, 0.25) is 0 Å². The SMILES string of the molecule is CO[C@@H]1CCCC[C@@H]1NC(=O)N1CCC(O)(C(F)(F)F)CC1. The Labute approximate surface area is 127 Å². The lowest BCUT2D eigenvalue weighted by atomic mass is 9.90. The lowest BCUT2D eigenvalue weighted by Gasteiger charge is -2.40. The molecule has 8 heteroatoms. The van der Waals surface area contributed by atoms with Crippen LogP contribution < -0.4 is 5.32 Å². The lowest BCUT2D eigenvalue weighted by molar-refractivity contribution is -0.271. The second kappa shape index (κ2) is 6.62. The number of alkyl halides is 3. The Hall–Kier alpha value is -1.02. The smallest absolute Gasteiger partial charge is 0.380 e. The van der Waals surface area contributed by atoms with Gasteiger partial charge in [-0.3, -0.25) is 0 Å². The summed E-state index contributed by atoms with van der Waals surface area (Å²) in [5.41, 5.74) is -2.68. The van der Waals surface area contributed by atoms with Crippen LogP contribution in [0.2, 0.25) is 0 Å². The standard InChI is InChI=1S/C14H23F3N2O3/c1-22-11-5-3-2-4-10(11)18-12(20)19-8-6-13(21,7-9-19)14(15,16)17/h10-11,21H,2-9H2,1H3,(H,18,20)/t10-,11+/m0/s1. The number of nitrogens with zero attached hydrogens (tertiary/aromatic N) is 1. The predicted octanol–water partition coefficient (Wildman–Crippen LogP) is 2.04. The maximum absolute atomic E-state index is 12.7. The molecule has 5 nitrogen and oxygen atoms in total. The zero-order chi connectivity index (χ0) is 16.4. The largest absolute Gasteiger partial charge is 0.417 e. The number of methoxy groups -OCH3 is 1. The average molecular weight is 324 g/mol. The third-order valence-electron chi connectivity index (χ3n) is 4.72. The van der Waals surface area contributed by atoms with E-state index in [1.54, 1.807) is 7.11 Å². The van der Waals surface area contributed by atoms with Crippen LogP contribution in [0.15, 0.2) is 0 Å². The number of hydrogen-bond acceptors (Lipinski definition) is 3. The molecule has 22 heavy (non-hydrogen) atoms. The van der Waals surface area contributed by atoms with Crippen LogP contribution in [-0.2, 0) is 4.74 Å². The summed E-state index contributed by atoms with van der Waals surface area (Å²) >= 11 is 0. The van der Waals surface area contributed by atoms with Crippen molar-refractivity contribution in [3.05, 3.63) is 0 Å². The van der Waals surface area contributed by atoms with E-state index >= 15 is 0 Å². The van der Waals surface area contributed by atoms with E-state index in [0.717, 1.165) is 25.7 Å². The van der Waals surface area contributed by atoms with Crippen LogP contribution in [0.25, 0.3) is 0 Å². The average Bonchev–Trinajstić information content (AvgIpc) is 2.47. The summed E-state index contributed by atoms with van der Waals surface area (Å²) in [4.78, 5) is 13.5. The van der Waals surface area contributed by atoms with Crippen molar-refractivity contribution in [3.8, 4) is 0 Å². The van der Waals surface area contributed by atoms with Gasteiger partial charge < -0.3 is 20.1 Å². The zero-order valence-electron chi connectivity index (χ0n) is 12.7. The van der Waals surface area contributed by atoms with Gasteiger partial charge in [0.25, 0.3) is 0 Å². The molecule has 1 aliphatic heterocycles.